The summed E-state index contributed by atoms with van der Waals surface area (Å²) in [4.78, 5) is 33.5. The molecular weight excluding hydrogens is 338 g/mol. The predicted molar refractivity (Wildman–Crippen MR) is 95.1 cm³/mol. The molecule has 0 aliphatic rings. The second-order valence-electron chi connectivity index (χ2n) is 5.52. The maximum absolute atomic E-state index is 12.2. The zero-order chi connectivity index (χ0) is 19.1. The molecule has 2 aromatic carbocycles. The van der Waals surface area contributed by atoms with Crippen molar-refractivity contribution in [2.45, 2.75) is 19.8 Å². The Balaban J connectivity index is 2.23. The number of nitrogens with one attached hydrogen (secondary N) is 1. The van der Waals surface area contributed by atoms with E-state index in [9.17, 15) is 19.7 Å². The fraction of sp³-hybridized carbons (Fsp3) is 0.167. The zero-order valence-electron chi connectivity index (χ0n) is 14.0. The highest BCUT2D eigenvalue weighted by atomic mass is 16.6. The number of hydrogen-bond donors (Lipinski definition) is 2. The molecule has 134 valence electrons. The van der Waals surface area contributed by atoms with E-state index in [0.29, 0.717) is 16.8 Å². The number of aryl methyl sites for hydroxylation is 1. The highest BCUT2D eigenvalue weighted by molar-refractivity contribution is 6.03. The Hall–Kier alpha value is -3.55. The minimum atomic E-state index is -0.978. The number of nitrogens with zero attached hydrogens (tertiary/aromatic N) is 2. The molecule has 0 unspecified atom stereocenters. The van der Waals surface area contributed by atoms with Crippen molar-refractivity contribution in [1.29, 1.82) is 0 Å². The molecule has 2 N–H and O–H groups in total. The molecule has 8 nitrogen and oxygen atoms in total. The summed E-state index contributed by atoms with van der Waals surface area (Å²) >= 11 is 0. The predicted octanol–water partition coefficient (Wildman–Crippen LogP) is 2.90. The molecule has 1 amide bonds. The summed E-state index contributed by atoms with van der Waals surface area (Å²) < 4.78 is 0. The molecule has 0 spiro atoms. The van der Waals surface area contributed by atoms with E-state index < -0.39 is 16.8 Å². The van der Waals surface area contributed by atoms with E-state index >= 15 is 0 Å². The van der Waals surface area contributed by atoms with Crippen LogP contribution in [0.4, 0.5) is 5.69 Å². The van der Waals surface area contributed by atoms with Crippen LogP contribution in [0.1, 0.15) is 34.3 Å². The summed E-state index contributed by atoms with van der Waals surface area (Å²) in [5, 5.41) is 23.9. The number of hydrazone groups is 1. The van der Waals surface area contributed by atoms with Gasteiger partial charge in [0.2, 0.25) is 0 Å². The molecule has 0 radical (unpaired) electrons. The van der Waals surface area contributed by atoms with Gasteiger partial charge in [-0.05, 0) is 18.6 Å². The molecule has 0 fully saturated rings. The number of benzene rings is 2. The Labute approximate surface area is 149 Å². The number of aliphatic carboxylic acids is 1. The number of hydrogen-bond acceptors (Lipinski definition) is 5. The van der Waals surface area contributed by atoms with Crippen LogP contribution in [0.5, 0.6) is 0 Å². The summed E-state index contributed by atoms with van der Waals surface area (Å²) in [6.45, 7) is 1.58. The minimum absolute atomic E-state index is 0.0942. The van der Waals surface area contributed by atoms with Crippen LogP contribution in [0.3, 0.4) is 0 Å². The van der Waals surface area contributed by atoms with E-state index in [1.165, 1.54) is 18.2 Å². The van der Waals surface area contributed by atoms with Gasteiger partial charge in [0.1, 0.15) is 0 Å². The fourth-order valence-corrected chi connectivity index (χ4v) is 2.25. The van der Waals surface area contributed by atoms with Gasteiger partial charge in [0.05, 0.1) is 17.1 Å². The molecule has 0 saturated carbocycles. The maximum Gasteiger partial charge on any atom is 0.303 e. The average Bonchev–Trinajstić information content (AvgIpc) is 2.62. The van der Waals surface area contributed by atoms with Crippen molar-refractivity contribution >= 4 is 23.3 Å². The second-order valence-corrected chi connectivity index (χ2v) is 5.52. The Morgan fingerprint density at radius 2 is 1.81 bits per heavy atom. The molecule has 0 saturated heterocycles. The van der Waals surface area contributed by atoms with Crippen molar-refractivity contribution in [3.8, 4) is 0 Å². The third-order valence-electron chi connectivity index (χ3n) is 3.64. The van der Waals surface area contributed by atoms with Gasteiger partial charge in [-0.15, -0.1) is 0 Å². The molecule has 0 aromatic heterocycles. The van der Waals surface area contributed by atoms with E-state index in [1.54, 1.807) is 31.2 Å². The van der Waals surface area contributed by atoms with E-state index in [-0.39, 0.29) is 24.1 Å². The number of nitro benzene ring substituents is 1. The van der Waals surface area contributed by atoms with Gasteiger partial charge < -0.3 is 5.11 Å². The topological polar surface area (TPSA) is 122 Å². The Morgan fingerprint density at radius 1 is 1.12 bits per heavy atom. The largest absolute Gasteiger partial charge is 0.481 e. The van der Waals surface area contributed by atoms with Crippen molar-refractivity contribution in [3.63, 3.8) is 0 Å². The standard InChI is InChI=1S/C18H17N3O5/c1-12-7-8-14(11-16(12)21(25)26)18(24)20-19-15(9-10-17(22)23)13-5-3-2-4-6-13/h2-8,11H,9-10H2,1H3,(H,20,24)(H,22,23)/b19-15+. The Kier molecular flexibility index (Phi) is 6.15. The molecule has 0 bridgehead atoms. The monoisotopic (exact) mass is 355 g/mol. The van der Waals surface area contributed by atoms with Gasteiger partial charge in [-0.2, -0.15) is 5.10 Å². The van der Waals surface area contributed by atoms with Crippen LogP contribution in [0, 0.1) is 17.0 Å². The van der Waals surface area contributed by atoms with Gasteiger partial charge in [0.15, 0.2) is 0 Å². The lowest BCUT2D eigenvalue weighted by Crippen LogP contribution is -2.20. The number of carboxylic acid groups (broad SMARTS) is 1. The average molecular weight is 355 g/mol. The molecule has 0 aliphatic carbocycles. The number of amides is 1. The lowest BCUT2D eigenvalue weighted by Gasteiger charge is -2.07. The summed E-state index contributed by atoms with van der Waals surface area (Å²) in [6.07, 6.45) is -0.00667. The summed E-state index contributed by atoms with van der Waals surface area (Å²) in [6, 6.07) is 13.0. The van der Waals surface area contributed by atoms with Gasteiger partial charge in [0.25, 0.3) is 11.6 Å². The second kappa shape index (κ2) is 8.52. The molecule has 2 aromatic rings. The van der Waals surface area contributed by atoms with E-state index in [1.807, 2.05) is 6.07 Å². The third kappa shape index (κ3) is 4.97. The van der Waals surface area contributed by atoms with E-state index in [4.69, 9.17) is 5.11 Å². The van der Waals surface area contributed by atoms with Crippen LogP contribution in [0.15, 0.2) is 53.6 Å². The van der Waals surface area contributed by atoms with Gasteiger partial charge in [0, 0.05) is 23.6 Å². The summed E-state index contributed by atoms with van der Waals surface area (Å²) in [5.74, 6) is -1.59. The van der Waals surface area contributed by atoms with Gasteiger partial charge in [-0.25, -0.2) is 5.43 Å². The van der Waals surface area contributed by atoms with Crippen LogP contribution in [0.25, 0.3) is 0 Å². The zero-order valence-corrected chi connectivity index (χ0v) is 14.0. The SMILES string of the molecule is Cc1ccc(C(=O)N/N=C(\CCC(=O)O)c2ccccc2)cc1[N+](=O)[O-]. The van der Waals surface area contributed by atoms with Crippen molar-refractivity contribution in [3.05, 3.63) is 75.3 Å². The van der Waals surface area contributed by atoms with Crippen LogP contribution in [0.2, 0.25) is 0 Å². The third-order valence-corrected chi connectivity index (χ3v) is 3.64. The number of rotatable bonds is 7. The van der Waals surface area contributed by atoms with E-state index in [2.05, 4.69) is 10.5 Å². The molecule has 0 atom stereocenters. The molecular formula is C18H17N3O5. The van der Waals surface area contributed by atoms with Gasteiger partial charge in [-0.3, -0.25) is 19.7 Å². The lowest BCUT2D eigenvalue weighted by atomic mass is 10.1. The van der Waals surface area contributed by atoms with Crippen molar-refractivity contribution in [2.75, 3.05) is 0 Å². The van der Waals surface area contributed by atoms with Crippen LogP contribution in [-0.4, -0.2) is 27.6 Å². The Bertz CT molecular complexity index is 862. The fourth-order valence-electron chi connectivity index (χ4n) is 2.25. The molecule has 8 heteroatoms. The van der Waals surface area contributed by atoms with Crippen LogP contribution >= 0.6 is 0 Å². The molecule has 26 heavy (non-hydrogen) atoms. The first-order valence-corrected chi connectivity index (χ1v) is 7.77. The first-order chi connectivity index (χ1) is 12.4. The van der Waals surface area contributed by atoms with Crippen molar-refractivity contribution in [1.82, 2.24) is 5.43 Å². The summed E-state index contributed by atoms with van der Waals surface area (Å²) in [7, 11) is 0. The highest BCUT2D eigenvalue weighted by Gasteiger charge is 2.15. The molecule has 0 heterocycles. The van der Waals surface area contributed by atoms with E-state index in [0.717, 1.165) is 0 Å². The first kappa shape index (κ1) is 18.8. The highest BCUT2D eigenvalue weighted by Crippen LogP contribution is 2.19. The van der Waals surface area contributed by atoms with Gasteiger partial charge in [-0.1, -0.05) is 36.4 Å². The van der Waals surface area contributed by atoms with Crippen molar-refractivity contribution < 1.29 is 19.6 Å². The maximum atomic E-state index is 12.2. The number of carbonyl (C=O) groups is 2. The molecule has 0 aliphatic heterocycles. The van der Waals surface area contributed by atoms with Crippen LogP contribution in [-0.2, 0) is 4.79 Å². The normalized spacial score (nSPS) is 11.0. The first-order valence-electron chi connectivity index (χ1n) is 7.77. The minimum Gasteiger partial charge on any atom is -0.481 e. The molecule has 2 rings (SSSR count). The smallest absolute Gasteiger partial charge is 0.303 e. The van der Waals surface area contributed by atoms with Crippen molar-refractivity contribution in [2.24, 2.45) is 5.10 Å². The number of carboxylic acids is 1. The number of nitro groups is 1. The quantitative estimate of drug-likeness (QED) is 0.449. The van der Waals surface area contributed by atoms with Crippen LogP contribution < -0.4 is 5.43 Å². The Morgan fingerprint density at radius 3 is 2.42 bits per heavy atom. The van der Waals surface area contributed by atoms with Gasteiger partial charge >= 0.3 is 5.97 Å². The lowest BCUT2D eigenvalue weighted by molar-refractivity contribution is -0.385. The number of carbonyl (C=O) groups excluding carboxylic acids is 1. The summed E-state index contributed by atoms with van der Waals surface area (Å²) in [5.41, 5.74) is 3.81.